The van der Waals surface area contributed by atoms with Gasteiger partial charge in [0.05, 0.1) is 6.21 Å². The van der Waals surface area contributed by atoms with Crippen LogP contribution in [-0.4, -0.2) is 17.4 Å². The third kappa shape index (κ3) is 4.90. The molecule has 0 spiro atoms. The van der Waals surface area contributed by atoms with Crippen LogP contribution in [-0.2, 0) is 0 Å². The fraction of sp³-hybridized carbons (Fsp3) is 0.400. The summed E-state index contributed by atoms with van der Waals surface area (Å²) in [6, 6.07) is 4.42. The molecule has 0 unspecified atom stereocenters. The molecule has 0 aliphatic rings. The van der Waals surface area contributed by atoms with Crippen LogP contribution in [0, 0.1) is 6.92 Å². The molecule has 0 bridgehead atoms. The lowest BCUT2D eigenvalue weighted by Gasteiger charge is -2.09. The van der Waals surface area contributed by atoms with Crippen molar-refractivity contribution in [3.05, 3.63) is 21.9 Å². The molecule has 0 radical (unpaired) electrons. The van der Waals surface area contributed by atoms with Gasteiger partial charge in [-0.2, -0.15) is 5.10 Å². The van der Waals surface area contributed by atoms with Gasteiger partial charge < -0.3 is 5.32 Å². The summed E-state index contributed by atoms with van der Waals surface area (Å²) in [5.41, 5.74) is 2.77. The van der Waals surface area contributed by atoms with Crippen molar-refractivity contribution in [1.82, 2.24) is 10.7 Å². The first-order valence-corrected chi connectivity index (χ1v) is 5.96. The lowest BCUT2D eigenvalue weighted by molar-refractivity contribution is 0.720. The highest BCUT2D eigenvalue weighted by molar-refractivity contribution is 7.80. The third-order valence-corrected chi connectivity index (χ3v) is 2.68. The van der Waals surface area contributed by atoms with Crippen molar-refractivity contribution < 1.29 is 0 Å². The van der Waals surface area contributed by atoms with Gasteiger partial charge in [-0.3, -0.25) is 5.43 Å². The fourth-order valence-corrected chi connectivity index (χ4v) is 2.01. The second-order valence-electron chi connectivity index (χ2n) is 3.45. The lowest BCUT2D eigenvalue weighted by Crippen LogP contribution is -2.36. The number of hydrogen-bond donors (Lipinski definition) is 2. The first-order valence-electron chi connectivity index (χ1n) is 4.74. The van der Waals surface area contributed by atoms with Crippen molar-refractivity contribution >= 4 is 34.9 Å². The quantitative estimate of drug-likeness (QED) is 0.484. The Balaban J connectivity index is 2.36. The Hall–Kier alpha value is -0.940. The molecule has 1 aromatic heterocycles. The Morgan fingerprint density at radius 3 is 2.80 bits per heavy atom. The Bertz CT molecular complexity index is 355. The van der Waals surface area contributed by atoms with Crippen LogP contribution in [0.1, 0.15) is 23.6 Å². The van der Waals surface area contributed by atoms with Gasteiger partial charge in [0.2, 0.25) is 0 Å². The van der Waals surface area contributed by atoms with Crippen molar-refractivity contribution in [1.29, 1.82) is 0 Å². The fourth-order valence-electron chi connectivity index (χ4n) is 0.972. The van der Waals surface area contributed by atoms with Crippen molar-refractivity contribution in [3.8, 4) is 0 Å². The van der Waals surface area contributed by atoms with Gasteiger partial charge in [0.1, 0.15) is 0 Å². The van der Waals surface area contributed by atoms with Gasteiger partial charge in [-0.05, 0) is 45.1 Å². The summed E-state index contributed by atoms with van der Waals surface area (Å²) in [7, 11) is 0. The topological polar surface area (TPSA) is 36.4 Å². The number of nitrogens with zero attached hydrogens (tertiary/aromatic N) is 1. The molecular weight excluding hydrogens is 226 g/mol. The van der Waals surface area contributed by atoms with Gasteiger partial charge in [-0.15, -0.1) is 11.3 Å². The number of aryl methyl sites for hydroxylation is 1. The van der Waals surface area contributed by atoms with Gasteiger partial charge in [0.25, 0.3) is 0 Å². The molecule has 1 heterocycles. The van der Waals surface area contributed by atoms with Gasteiger partial charge in [0.15, 0.2) is 5.11 Å². The molecule has 0 saturated carbocycles. The molecule has 5 heteroatoms. The van der Waals surface area contributed by atoms with E-state index in [1.54, 1.807) is 17.6 Å². The van der Waals surface area contributed by atoms with E-state index in [-0.39, 0.29) is 0 Å². The summed E-state index contributed by atoms with van der Waals surface area (Å²) in [5, 5.41) is 7.63. The summed E-state index contributed by atoms with van der Waals surface area (Å²) >= 11 is 6.72. The van der Waals surface area contributed by atoms with E-state index in [9.17, 15) is 0 Å². The highest BCUT2D eigenvalue weighted by Crippen LogP contribution is 2.12. The molecule has 0 aliphatic heterocycles. The number of rotatable bonds is 3. The van der Waals surface area contributed by atoms with E-state index in [0.29, 0.717) is 11.2 Å². The van der Waals surface area contributed by atoms with Crippen LogP contribution in [0.5, 0.6) is 0 Å². The number of thiocarbonyl (C=S) groups is 1. The summed E-state index contributed by atoms with van der Waals surface area (Å²) in [5.74, 6) is 0. The molecule has 0 saturated heterocycles. The van der Waals surface area contributed by atoms with Crippen LogP contribution in [0.4, 0.5) is 0 Å². The van der Waals surface area contributed by atoms with E-state index < -0.39 is 0 Å². The molecule has 0 atom stereocenters. The minimum Gasteiger partial charge on any atom is -0.359 e. The van der Waals surface area contributed by atoms with Crippen LogP contribution in [0.25, 0.3) is 0 Å². The highest BCUT2D eigenvalue weighted by atomic mass is 32.1. The summed E-state index contributed by atoms with van der Waals surface area (Å²) in [6.45, 7) is 6.13. The second kappa shape index (κ2) is 5.82. The average molecular weight is 241 g/mol. The predicted molar refractivity (Wildman–Crippen MR) is 70.7 cm³/mol. The minimum atomic E-state index is 0.323. The molecule has 1 rings (SSSR count). The van der Waals surface area contributed by atoms with Crippen LogP contribution in [0.15, 0.2) is 17.2 Å². The van der Waals surface area contributed by atoms with E-state index >= 15 is 0 Å². The Morgan fingerprint density at radius 1 is 1.53 bits per heavy atom. The van der Waals surface area contributed by atoms with E-state index in [0.717, 1.165) is 4.88 Å². The maximum absolute atomic E-state index is 5.02. The van der Waals surface area contributed by atoms with Crippen molar-refractivity contribution in [2.45, 2.75) is 26.8 Å². The van der Waals surface area contributed by atoms with E-state index in [2.05, 4.69) is 28.8 Å². The molecule has 82 valence electrons. The smallest absolute Gasteiger partial charge is 0.187 e. The molecule has 3 nitrogen and oxygen atoms in total. The zero-order valence-electron chi connectivity index (χ0n) is 9.07. The zero-order chi connectivity index (χ0) is 11.3. The van der Waals surface area contributed by atoms with Crippen LogP contribution in [0.3, 0.4) is 0 Å². The average Bonchev–Trinajstić information content (AvgIpc) is 2.50. The molecule has 2 N–H and O–H groups in total. The van der Waals surface area contributed by atoms with Crippen LogP contribution >= 0.6 is 23.6 Å². The SMILES string of the molecule is Cc1ccc(/C=N/NC(=S)NC(C)C)s1. The standard InChI is InChI=1S/C10H15N3S2/c1-7(2)12-10(14)13-11-6-9-5-4-8(3)15-9/h4-7H,1-3H3,(H2,12,13,14)/b11-6+. The third-order valence-electron chi connectivity index (χ3n) is 1.54. The summed E-state index contributed by atoms with van der Waals surface area (Å²) in [6.07, 6.45) is 1.77. The normalized spacial score (nSPS) is 10.9. The Kier molecular flexibility index (Phi) is 4.71. The van der Waals surface area contributed by atoms with Gasteiger partial charge in [-0.25, -0.2) is 0 Å². The molecule has 1 aromatic rings. The molecule has 0 amide bonds. The van der Waals surface area contributed by atoms with Gasteiger partial charge in [-0.1, -0.05) is 0 Å². The van der Waals surface area contributed by atoms with Gasteiger partial charge >= 0.3 is 0 Å². The van der Waals surface area contributed by atoms with Crippen LogP contribution in [0.2, 0.25) is 0 Å². The maximum Gasteiger partial charge on any atom is 0.187 e. The van der Waals surface area contributed by atoms with E-state index in [1.165, 1.54) is 4.88 Å². The van der Waals surface area contributed by atoms with Gasteiger partial charge in [0, 0.05) is 15.8 Å². The molecule has 0 aliphatic carbocycles. The van der Waals surface area contributed by atoms with Crippen molar-refractivity contribution in [2.75, 3.05) is 0 Å². The Morgan fingerprint density at radius 2 is 2.27 bits per heavy atom. The molecule has 15 heavy (non-hydrogen) atoms. The second-order valence-corrected chi connectivity index (χ2v) is 5.17. The van der Waals surface area contributed by atoms with Crippen LogP contribution < -0.4 is 10.7 Å². The first-order chi connectivity index (χ1) is 7.08. The summed E-state index contributed by atoms with van der Waals surface area (Å²) < 4.78 is 0. The number of hydrazone groups is 1. The van der Waals surface area contributed by atoms with Crippen molar-refractivity contribution in [3.63, 3.8) is 0 Å². The Labute approximate surface area is 99.6 Å². The number of hydrogen-bond acceptors (Lipinski definition) is 3. The minimum absolute atomic E-state index is 0.323. The highest BCUT2D eigenvalue weighted by Gasteiger charge is 1.95. The van der Waals surface area contributed by atoms with E-state index in [1.807, 2.05) is 19.9 Å². The monoisotopic (exact) mass is 241 g/mol. The molecule has 0 fully saturated rings. The summed E-state index contributed by atoms with van der Waals surface area (Å²) in [4.78, 5) is 2.40. The molecule has 0 aromatic carbocycles. The predicted octanol–water partition coefficient (Wildman–Crippen LogP) is 2.26. The maximum atomic E-state index is 5.02. The van der Waals surface area contributed by atoms with E-state index in [4.69, 9.17) is 12.2 Å². The lowest BCUT2D eigenvalue weighted by atomic mass is 10.4. The van der Waals surface area contributed by atoms with Crippen molar-refractivity contribution in [2.24, 2.45) is 5.10 Å². The zero-order valence-corrected chi connectivity index (χ0v) is 10.7. The number of nitrogens with one attached hydrogen (secondary N) is 2. The largest absolute Gasteiger partial charge is 0.359 e. The number of thiophene rings is 1. The molecular formula is C10H15N3S2. The first kappa shape index (κ1) is 12.1.